The summed E-state index contributed by atoms with van der Waals surface area (Å²) in [5.74, 6) is 0. The monoisotopic (exact) mass is 202 g/mol. The molecule has 0 atom stereocenters. The standard InChI is InChI=1S/C11H14N4/c1-8(2)3-5-15-6-4-9(12)10-11(15)14-7-13-10/h3-4,6-7,12H,5H2,1-2H3,(H,13,14). The van der Waals surface area contributed by atoms with E-state index in [1.807, 2.05) is 10.8 Å². The molecule has 0 amide bonds. The smallest absolute Gasteiger partial charge is 0.160 e. The predicted octanol–water partition coefficient (Wildman–Crippen LogP) is 1.81. The molecule has 2 aromatic heterocycles. The van der Waals surface area contributed by atoms with E-state index in [9.17, 15) is 0 Å². The molecule has 78 valence electrons. The summed E-state index contributed by atoms with van der Waals surface area (Å²) in [4.78, 5) is 7.19. The number of hydrogen-bond donors (Lipinski definition) is 2. The van der Waals surface area contributed by atoms with Crippen LogP contribution in [0.1, 0.15) is 13.8 Å². The van der Waals surface area contributed by atoms with Gasteiger partial charge >= 0.3 is 0 Å². The molecule has 0 aliphatic carbocycles. The lowest BCUT2D eigenvalue weighted by molar-refractivity contribution is 0.831. The minimum absolute atomic E-state index is 0.482. The van der Waals surface area contributed by atoms with Gasteiger partial charge in [0.2, 0.25) is 0 Å². The maximum Gasteiger partial charge on any atom is 0.160 e. The van der Waals surface area contributed by atoms with Crippen LogP contribution in [0, 0.1) is 5.41 Å². The molecule has 2 N–H and O–H groups in total. The first-order valence-electron chi connectivity index (χ1n) is 4.89. The quantitative estimate of drug-likeness (QED) is 0.717. The average Bonchev–Trinajstić information content (AvgIpc) is 2.66. The lowest BCUT2D eigenvalue weighted by atomic mass is 10.3. The van der Waals surface area contributed by atoms with Crippen molar-refractivity contribution in [3.05, 3.63) is 35.6 Å². The first-order chi connectivity index (χ1) is 7.18. The molecule has 0 saturated heterocycles. The summed E-state index contributed by atoms with van der Waals surface area (Å²) in [7, 11) is 0. The molecule has 0 aliphatic heterocycles. The normalized spacial score (nSPS) is 10.5. The first kappa shape index (κ1) is 9.71. The number of aromatic nitrogens is 3. The van der Waals surface area contributed by atoms with Crippen LogP contribution in [-0.4, -0.2) is 14.5 Å². The van der Waals surface area contributed by atoms with Crippen molar-refractivity contribution >= 4 is 11.2 Å². The highest BCUT2D eigenvalue weighted by Gasteiger charge is 2.01. The van der Waals surface area contributed by atoms with E-state index in [0.717, 1.165) is 17.7 Å². The maximum atomic E-state index is 7.69. The van der Waals surface area contributed by atoms with Crippen molar-refractivity contribution in [2.75, 3.05) is 0 Å². The van der Waals surface area contributed by atoms with Crippen molar-refractivity contribution in [2.45, 2.75) is 20.4 Å². The van der Waals surface area contributed by atoms with Gasteiger partial charge in [-0.3, -0.25) is 5.41 Å². The number of allylic oxidation sites excluding steroid dienone is 2. The Morgan fingerprint density at radius 1 is 1.60 bits per heavy atom. The summed E-state index contributed by atoms with van der Waals surface area (Å²) < 4.78 is 2.02. The molecule has 4 heteroatoms. The van der Waals surface area contributed by atoms with Crippen molar-refractivity contribution < 1.29 is 0 Å². The number of fused-ring (bicyclic) bond motifs is 1. The maximum absolute atomic E-state index is 7.69. The van der Waals surface area contributed by atoms with E-state index in [0.29, 0.717) is 5.36 Å². The zero-order valence-corrected chi connectivity index (χ0v) is 8.91. The third-order valence-corrected chi connectivity index (χ3v) is 2.28. The van der Waals surface area contributed by atoms with Crippen LogP contribution in [0.3, 0.4) is 0 Å². The van der Waals surface area contributed by atoms with Crippen molar-refractivity contribution in [1.29, 1.82) is 5.41 Å². The van der Waals surface area contributed by atoms with Crippen LogP contribution in [0.4, 0.5) is 0 Å². The van der Waals surface area contributed by atoms with Gasteiger partial charge in [-0.2, -0.15) is 0 Å². The van der Waals surface area contributed by atoms with E-state index >= 15 is 0 Å². The van der Waals surface area contributed by atoms with Crippen LogP contribution in [0.25, 0.3) is 11.2 Å². The summed E-state index contributed by atoms with van der Waals surface area (Å²) in [6, 6.07) is 1.78. The van der Waals surface area contributed by atoms with E-state index in [-0.39, 0.29) is 0 Å². The van der Waals surface area contributed by atoms with Crippen LogP contribution in [0.5, 0.6) is 0 Å². The Bertz CT molecular complexity index is 555. The number of hydrogen-bond acceptors (Lipinski definition) is 2. The van der Waals surface area contributed by atoms with Crippen LogP contribution >= 0.6 is 0 Å². The number of aromatic amines is 1. The minimum Gasteiger partial charge on any atom is -0.342 e. The van der Waals surface area contributed by atoms with Crippen molar-refractivity contribution in [3.8, 4) is 0 Å². The Morgan fingerprint density at radius 2 is 2.40 bits per heavy atom. The van der Waals surface area contributed by atoms with Gasteiger partial charge in [-0.15, -0.1) is 0 Å². The molecule has 2 aromatic rings. The fourth-order valence-electron chi connectivity index (χ4n) is 1.45. The summed E-state index contributed by atoms with van der Waals surface area (Å²) >= 11 is 0. The second-order valence-corrected chi connectivity index (χ2v) is 3.76. The molecule has 0 unspecified atom stereocenters. The minimum atomic E-state index is 0.482. The van der Waals surface area contributed by atoms with Gasteiger partial charge in [0.25, 0.3) is 0 Å². The van der Waals surface area contributed by atoms with Crippen LogP contribution < -0.4 is 5.36 Å². The molecule has 0 saturated carbocycles. The molecule has 0 fully saturated rings. The molecule has 2 heterocycles. The molecule has 0 aromatic carbocycles. The van der Waals surface area contributed by atoms with E-state index in [1.54, 1.807) is 12.4 Å². The molecule has 2 rings (SSSR count). The molecule has 0 radical (unpaired) electrons. The molecule has 0 bridgehead atoms. The largest absolute Gasteiger partial charge is 0.342 e. The lowest BCUT2D eigenvalue weighted by Crippen LogP contribution is -2.07. The predicted molar refractivity (Wildman–Crippen MR) is 59.4 cm³/mol. The highest BCUT2D eigenvalue weighted by molar-refractivity contribution is 5.69. The van der Waals surface area contributed by atoms with Gasteiger partial charge in [-0.1, -0.05) is 11.6 Å². The van der Waals surface area contributed by atoms with Crippen molar-refractivity contribution in [1.82, 2.24) is 14.5 Å². The third kappa shape index (κ3) is 1.83. The zero-order chi connectivity index (χ0) is 10.8. The highest BCUT2D eigenvalue weighted by Crippen LogP contribution is 2.04. The fraction of sp³-hybridized carbons (Fsp3) is 0.273. The SMILES string of the molecule is CC(C)=CCn1ccc(=N)c2[nH]cnc21. The van der Waals surface area contributed by atoms with Crippen LogP contribution in [0.2, 0.25) is 0 Å². The van der Waals surface area contributed by atoms with Gasteiger partial charge in [-0.25, -0.2) is 4.98 Å². The van der Waals surface area contributed by atoms with Gasteiger partial charge in [0.05, 0.1) is 11.7 Å². The number of imidazole rings is 1. The Hall–Kier alpha value is -1.84. The molecule has 4 nitrogen and oxygen atoms in total. The van der Waals surface area contributed by atoms with E-state index in [4.69, 9.17) is 5.41 Å². The number of nitrogens with zero attached hydrogens (tertiary/aromatic N) is 2. The molecular weight excluding hydrogens is 188 g/mol. The average molecular weight is 202 g/mol. The lowest BCUT2D eigenvalue weighted by Gasteiger charge is -2.04. The van der Waals surface area contributed by atoms with Crippen molar-refractivity contribution in [3.63, 3.8) is 0 Å². The van der Waals surface area contributed by atoms with Gasteiger partial charge < -0.3 is 9.55 Å². The summed E-state index contributed by atoms with van der Waals surface area (Å²) in [5, 5.41) is 8.18. The second-order valence-electron chi connectivity index (χ2n) is 3.76. The van der Waals surface area contributed by atoms with E-state index < -0.39 is 0 Å². The van der Waals surface area contributed by atoms with E-state index in [1.165, 1.54) is 5.57 Å². The zero-order valence-electron chi connectivity index (χ0n) is 8.91. The Labute approximate surface area is 87.8 Å². The molecular formula is C11H14N4. The van der Waals surface area contributed by atoms with Crippen LogP contribution in [-0.2, 0) is 6.54 Å². The topological polar surface area (TPSA) is 57.5 Å². The van der Waals surface area contributed by atoms with Gasteiger partial charge in [0, 0.05) is 12.7 Å². The molecule has 0 spiro atoms. The Kier molecular flexibility index (Phi) is 2.41. The second kappa shape index (κ2) is 3.73. The summed E-state index contributed by atoms with van der Waals surface area (Å²) in [6.07, 6.45) is 5.66. The van der Waals surface area contributed by atoms with Gasteiger partial charge in [0.15, 0.2) is 5.65 Å². The van der Waals surface area contributed by atoms with Gasteiger partial charge in [0.1, 0.15) is 5.52 Å². The Morgan fingerprint density at radius 3 is 3.13 bits per heavy atom. The number of H-pyrrole nitrogens is 1. The number of pyridine rings is 1. The number of rotatable bonds is 2. The molecule has 0 aliphatic rings. The summed E-state index contributed by atoms with van der Waals surface area (Å²) in [5.41, 5.74) is 2.90. The van der Waals surface area contributed by atoms with E-state index in [2.05, 4.69) is 29.9 Å². The Balaban J connectivity index is 2.53. The van der Waals surface area contributed by atoms with Crippen LogP contribution in [0.15, 0.2) is 30.2 Å². The third-order valence-electron chi connectivity index (χ3n) is 2.28. The highest BCUT2D eigenvalue weighted by atomic mass is 15.1. The molecule has 15 heavy (non-hydrogen) atoms. The number of nitrogens with one attached hydrogen (secondary N) is 2. The summed E-state index contributed by atoms with van der Waals surface area (Å²) in [6.45, 7) is 4.94. The van der Waals surface area contributed by atoms with Gasteiger partial charge in [-0.05, 0) is 19.9 Å². The fourth-order valence-corrected chi connectivity index (χ4v) is 1.45. The van der Waals surface area contributed by atoms with Crippen molar-refractivity contribution in [2.24, 2.45) is 0 Å². The first-order valence-corrected chi connectivity index (χ1v) is 4.89.